The number of phenolic OH excluding ortho intramolecular Hbond substituents is 1. The number of hydrogen-bond acceptors (Lipinski definition) is 4. The van der Waals surface area contributed by atoms with Crippen molar-refractivity contribution in [1.29, 1.82) is 0 Å². The second-order valence-corrected chi connectivity index (χ2v) is 11.0. The van der Waals surface area contributed by atoms with Crippen LogP contribution < -0.4 is 0 Å². The highest BCUT2D eigenvalue weighted by Gasteiger charge is 2.56. The summed E-state index contributed by atoms with van der Waals surface area (Å²) in [6.07, 6.45) is 4.65. The largest absolute Gasteiger partial charge is 0.505 e. The molecular formula is C32H36FNO4. The molecule has 0 saturated carbocycles. The molecule has 6 heteroatoms. The number of benzene rings is 2. The maximum absolute atomic E-state index is 14.0. The van der Waals surface area contributed by atoms with Crippen LogP contribution in [0, 0.1) is 29.5 Å². The SMILES string of the molecule is CCCN1C(=O)[C@@H]2[C@@H](CC(C(C)C)=C3[C@@H](CC/C(=C/c4ccc(O)c(F)c4)c4ccccc4)OC[C@@H]32)C1=O. The van der Waals surface area contributed by atoms with Crippen LogP contribution in [0.2, 0.25) is 0 Å². The molecule has 2 amide bonds. The first-order valence-electron chi connectivity index (χ1n) is 13.7. The van der Waals surface area contributed by atoms with Crippen molar-refractivity contribution in [2.45, 2.75) is 52.6 Å². The molecule has 200 valence electrons. The van der Waals surface area contributed by atoms with Crippen molar-refractivity contribution >= 4 is 23.5 Å². The highest BCUT2D eigenvalue weighted by molar-refractivity contribution is 6.06. The van der Waals surface area contributed by atoms with Gasteiger partial charge in [0.2, 0.25) is 11.8 Å². The van der Waals surface area contributed by atoms with Crippen LogP contribution in [0.4, 0.5) is 4.39 Å². The predicted molar refractivity (Wildman–Crippen MR) is 145 cm³/mol. The molecule has 0 radical (unpaired) electrons. The molecule has 0 aromatic heterocycles. The lowest BCUT2D eigenvalue weighted by Crippen LogP contribution is -2.35. The Hall–Kier alpha value is -3.25. The number of likely N-dealkylation sites (tertiary alicyclic amines) is 1. The van der Waals surface area contributed by atoms with Gasteiger partial charge in [-0.05, 0) is 66.0 Å². The highest BCUT2D eigenvalue weighted by atomic mass is 19.1. The topological polar surface area (TPSA) is 66.8 Å². The molecule has 5 rings (SSSR count). The van der Waals surface area contributed by atoms with Crippen LogP contribution in [0.25, 0.3) is 11.6 Å². The van der Waals surface area contributed by atoms with E-state index in [1.54, 1.807) is 6.07 Å². The van der Waals surface area contributed by atoms with Crippen molar-refractivity contribution in [2.75, 3.05) is 13.2 Å². The number of rotatable bonds is 8. The number of nitrogens with zero attached hydrogens (tertiary/aromatic N) is 1. The van der Waals surface area contributed by atoms with Crippen molar-refractivity contribution in [1.82, 2.24) is 4.90 Å². The smallest absolute Gasteiger partial charge is 0.233 e. The summed E-state index contributed by atoms with van der Waals surface area (Å²) in [7, 11) is 0. The number of allylic oxidation sites excluding steroid dienone is 2. The molecule has 2 heterocycles. The summed E-state index contributed by atoms with van der Waals surface area (Å²) in [6.45, 7) is 7.26. The summed E-state index contributed by atoms with van der Waals surface area (Å²) in [5.74, 6) is -1.44. The molecule has 38 heavy (non-hydrogen) atoms. The van der Waals surface area contributed by atoms with Crippen molar-refractivity contribution in [3.05, 3.63) is 76.6 Å². The minimum Gasteiger partial charge on any atom is -0.505 e. The van der Waals surface area contributed by atoms with E-state index in [0.717, 1.165) is 24.0 Å². The van der Waals surface area contributed by atoms with E-state index in [1.807, 2.05) is 43.3 Å². The van der Waals surface area contributed by atoms with Gasteiger partial charge in [-0.15, -0.1) is 0 Å². The number of imide groups is 1. The average molecular weight is 518 g/mol. The third kappa shape index (κ3) is 4.82. The fourth-order valence-corrected chi connectivity index (χ4v) is 6.52. The zero-order valence-corrected chi connectivity index (χ0v) is 22.3. The molecule has 3 aliphatic rings. The Morgan fingerprint density at radius 1 is 1.13 bits per heavy atom. The number of phenols is 1. The van der Waals surface area contributed by atoms with E-state index < -0.39 is 5.82 Å². The minimum atomic E-state index is -0.649. The van der Waals surface area contributed by atoms with Gasteiger partial charge in [0.25, 0.3) is 0 Å². The summed E-state index contributed by atoms with van der Waals surface area (Å²) in [6, 6.07) is 14.4. The van der Waals surface area contributed by atoms with Crippen LogP contribution in [-0.4, -0.2) is 41.1 Å². The number of hydrogen-bond donors (Lipinski definition) is 1. The van der Waals surface area contributed by atoms with Gasteiger partial charge in [0.15, 0.2) is 11.6 Å². The maximum Gasteiger partial charge on any atom is 0.233 e. The number of amides is 2. The molecule has 4 atom stereocenters. The monoisotopic (exact) mass is 517 g/mol. The van der Waals surface area contributed by atoms with Gasteiger partial charge >= 0.3 is 0 Å². The van der Waals surface area contributed by atoms with Crippen LogP contribution in [0.15, 0.2) is 59.7 Å². The van der Waals surface area contributed by atoms with E-state index in [2.05, 4.69) is 13.8 Å². The Kier molecular flexibility index (Phi) is 7.53. The predicted octanol–water partition coefficient (Wildman–Crippen LogP) is 6.23. The van der Waals surface area contributed by atoms with Gasteiger partial charge in [0, 0.05) is 12.5 Å². The number of halogens is 1. The van der Waals surface area contributed by atoms with Crippen LogP contribution in [0.5, 0.6) is 5.75 Å². The second-order valence-electron chi connectivity index (χ2n) is 11.0. The highest BCUT2D eigenvalue weighted by Crippen LogP contribution is 2.51. The third-order valence-electron chi connectivity index (χ3n) is 8.31. The van der Waals surface area contributed by atoms with Crippen LogP contribution in [0.1, 0.15) is 57.6 Å². The van der Waals surface area contributed by atoms with Gasteiger partial charge in [0.1, 0.15) is 0 Å². The first-order chi connectivity index (χ1) is 18.3. The molecule has 5 nitrogen and oxygen atoms in total. The standard InChI is InChI=1S/C32H36FNO4/c1-4-14-34-31(36)24-17-23(19(2)3)29-25(30(24)32(34)37)18-38-28(29)13-11-22(21-8-6-5-7-9-21)15-20-10-12-27(35)26(33)16-20/h5-10,12,15-16,19,24-25,28,30,35H,4,11,13-14,17-18H2,1-3H3/b22-15-/t24-,25+,28-,30-/m1/s1. The summed E-state index contributed by atoms with van der Waals surface area (Å²) >= 11 is 0. The molecule has 0 spiro atoms. The lowest BCUT2D eigenvalue weighted by molar-refractivity contribution is -0.140. The second kappa shape index (κ2) is 10.9. The van der Waals surface area contributed by atoms with E-state index in [-0.39, 0.29) is 47.3 Å². The van der Waals surface area contributed by atoms with E-state index in [1.165, 1.54) is 28.2 Å². The first kappa shape index (κ1) is 26.4. The van der Waals surface area contributed by atoms with Gasteiger partial charge in [-0.25, -0.2) is 4.39 Å². The lowest BCUT2D eigenvalue weighted by atomic mass is 9.67. The molecule has 2 fully saturated rings. The fraction of sp³-hybridized carbons (Fsp3) is 0.438. The van der Waals surface area contributed by atoms with Crippen LogP contribution in [0.3, 0.4) is 0 Å². The zero-order valence-electron chi connectivity index (χ0n) is 22.3. The summed E-state index contributed by atoms with van der Waals surface area (Å²) in [5.41, 5.74) is 5.26. The van der Waals surface area contributed by atoms with Gasteiger partial charge in [-0.2, -0.15) is 0 Å². The number of aromatic hydroxyl groups is 1. The normalized spacial score (nSPS) is 25.4. The van der Waals surface area contributed by atoms with Crippen molar-refractivity contribution in [3.63, 3.8) is 0 Å². The summed E-state index contributed by atoms with van der Waals surface area (Å²) in [5, 5.41) is 9.60. The van der Waals surface area contributed by atoms with E-state index >= 15 is 0 Å². The molecule has 1 aliphatic carbocycles. The van der Waals surface area contributed by atoms with E-state index in [4.69, 9.17) is 4.74 Å². The van der Waals surface area contributed by atoms with Crippen molar-refractivity contribution in [3.8, 4) is 5.75 Å². The average Bonchev–Trinajstić information content (AvgIpc) is 3.43. The Morgan fingerprint density at radius 3 is 2.58 bits per heavy atom. The fourth-order valence-electron chi connectivity index (χ4n) is 6.52. The van der Waals surface area contributed by atoms with Gasteiger partial charge in [0.05, 0.1) is 24.5 Å². The molecule has 2 aromatic rings. The number of carbonyl (C=O) groups is 2. The molecule has 0 bridgehead atoms. The van der Waals surface area contributed by atoms with Gasteiger partial charge < -0.3 is 9.84 Å². The molecule has 2 saturated heterocycles. The summed E-state index contributed by atoms with van der Waals surface area (Å²) < 4.78 is 20.4. The Morgan fingerprint density at radius 2 is 1.89 bits per heavy atom. The lowest BCUT2D eigenvalue weighted by Gasteiger charge is -2.33. The van der Waals surface area contributed by atoms with E-state index in [9.17, 15) is 19.1 Å². The number of carbonyl (C=O) groups excluding carboxylic acids is 2. The number of fused-ring (bicyclic) bond motifs is 3. The van der Waals surface area contributed by atoms with Crippen LogP contribution >= 0.6 is 0 Å². The van der Waals surface area contributed by atoms with Crippen LogP contribution in [-0.2, 0) is 14.3 Å². The molecular weight excluding hydrogens is 481 g/mol. The number of ether oxygens (including phenoxy) is 1. The Balaban J connectivity index is 1.43. The van der Waals surface area contributed by atoms with Gasteiger partial charge in [-0.1, -0.05) is 68.8 Å². The molecule has 1 N–H and O–H groups in total. The zero-order chi connectivity index (χ0) is 27.0. The van der Waals surface area contributed by atoms with Crippen molar-refractivity contribution < 1.29 is 23.8 Å². The molecule has 2 aliphatic heterocycles. The van der Waals surface area contributed by atoms with Gasteiger partial charge in [-0.3, -0.25) is 14.5 Å². The third-order valence-corrected chi connectivity index (χ3v) is 8.31. The molecule has 0 unspecified atom stereocenters. The van der Waals surface area contributed by atoms with Crippen molar-refractivity contribution in [2.24, 2.45) is 23.7 Å². The minimum absolute atomic E-state index is 0.0158. The Bertz CT molecular complexity index is 1280. The maximum atomic E-state index is 14.0. The van der Waals surface area contributed by atoms with E-state index in [0.29, 0.717) is 31.6 Å². The Labute approximate surface area is 224 Å². The summed E-state index contributed by atoms with van der Waals surface area (Å²) in [4.78, 5) is 28.0. The molecule has 2 aromatic carbocycles. The quantitative estimate of drug-likeness (QED) is 0.256. The first-order valence-corrected chi connectivity index (χ1v) is 13.7.